The Morgan fingerprint density at radius 2 is 1.89 bits per heavy atom. The zero-order valence-corrected chi connectivity index (χ0v) is 15.4. The lowest BCUT2D eigenvalue weighted by Crippen LogP contribution is -2.27. The minimum absolute atomic E-state index is 0.230. The van der Waals surface area contributed by atoms with Crippen molar-refractivity contribution in [3.63, 3.8) is 0 Å². The molecule has 0 bridgehead atoms. The number of rotatable bonds is 4. The summed E-state index contributed by atoms with van der Waals surface area (Å²) in [6.07, 6.45) is 0. The van der Waals surface area contributed by atoms with E-state index in [0.29, 0.717) is 27.9 Å². The van der Waals surface area contributed by atoms with E-state index in [9.17, 15) is 9.18 Å². The Morgan fingerprint density at radius 1 is 1.14 bits per heavy atom. The molecule has 28 heavy (non-hydrogen) atoms. The number of hydrogen-bond donors (Lipinski definition) is 1. The van der Waals surface area contributed by atoms with Crippen molar-refractivity contribution in [2.45, 2.75) is 13.0 Å². The summed E-state index contributed by atoms with van der Waals surface area (Å²) in [5, 5.41) is 7.63. The van der Waals surface area contributed by atoms with Crippen molar-refractivity contribution in [2.75, 3.05) is 0 Å². The van der Waals surface area contributed by atoms with Crippen molar-refractivity contribution >= 4 is 28.4 Å². The van der Waals surface area contributed by atoms with Crippen LogP contribution in [0.5, 0.6) is 0 Å². The first-order valence-electron chi connectivity index (χ1n) is 8.47. The molecule has 4 aromatic rings. The maximum atomic E-state index is 13.1. The third kappa shape index (κ3) is 3.57. The molecule has 0 aliphatic heterocycles. The fraction of sp³-hybridized carbons (Fsp3) is 0.100. The molecule has 0 spiro atoms. The van der Waals surface area contributed by atoms with E-state index in [2.05, 4.69) is 20.4 Å². The van der Waals surface area contributed by atoms with E-state index < -0.39 is 6.04 Å². The molecule has 6 nitrogen and oxygen atoms in total. The number of fused-ring (bicyclic) bond motifs is 1. The minimum Gasteiger partial charge on any atom is -0.340 e. The molecular formula is C20H14ClFN4O2. The number of amides is 1. The van der Waals surface area contributed by atoms with Gasteiger partial charge in [-0.1, -0.05) is 35.0 Å². The zero-order valence-electron chi connectivity index (χ0n) is 14.7. The fourth-order valence-corrected chi connectivity index (χ4v) is 2.99. The van der Waals surface area contributed by atoms with Crippen molar-refractivity contribution in [1.29, 1.82) is 0 Å². The van der Waals surface area contributed by atoms with E-state index in [0.717, 1.165) is 0 Å². The Bertz CT molecular complexity index is 1160. The summed E-state index contributed by atoms with van der Waals surface area (Å²) in [6.45, 7) is 1.73. The first-order chi connectivity index (χ1) is 13.5. The average molecular weight is 397 g/mol. The van der Waals surface area contributed by atoms with Gasteiger partial charge >= 0.3 is 0 Å². The summed E-state index contributed by atoms with van der Waals surface area (Å²) < 4.78 is 18.3. The highest BCUT2D eigenvalue weighted by atomic mass is 35.5. The molecule has 0 saturated heterocycles. The second kappa shape index (κ2) is 7.36. The van der Waals surface area contributed by atoms with Gasteiger partial charge in [0.25, 0.3) is 5.91 Å². The van der Waals surface area contributed by atoms with Gasteiger partial charge in [-0.2, -0.15) is 4.98 Å². The van der Waals surface area contributed by atoms with Gasteiger partial charge in [0.2, 0.25) is 11.7 Å². The quantitative estimate of drug-likeness (QED) is 0.511. The predicted molar refractivity (Wildman–Crippen MR) is 102 cm³/mol. The normalized spacial score (nSPS) is 12.1. The van der Waals surface area contributed by atoms with Gasteiger partial charge in [0.1, 0.15) is 17.0 Å². The number of para-hydroxylation sites is 1. The lowest BCUT2D eigenvalue weighted by Gasteiger charge is -2.11. The van der Waals surface area contributed by atoms with E-state index in [1.807, 2.05) is 12.1 Å². The van der Waals surface area contributed by atoms with Gasteiger partial charge in [-0.15, -0.1) is 0 Å². The molecule has 1 amide bonds. The zero-order chi connectivity index (χ0) is 19.7. The second-order valence-corrected chi connectivity index (χ2v) is 6.56. The smallest absolute Gasteiger partial charge is 0.252 e. The molecule has 1 N–H and O–H groups in total. The van der Waals surface area contributed by atoms with Crippen LogP contribution >= 0.6 is 11.6 Å². The Kier molecular flexibility index (Phi) is 4.75. The summed E-state index contributed by atoms with van der Waals surface area (Å²) in [6, 6.07) is 14.0. The summed E-state index contributed by atoms with van der Waals surface area (Å²) in [7, 11) is 0. The van der Waals surface area contributed by atoms with Crippen LogP contribution in [0.4, 0.5) is 4.39 Å². The van der Waals surface area contributed by atoms with Gasteiger partial charge in [-0.3, -0.25) is 4.79 Å². The van der Waals surface area contributed by atoms with Crippen LogP contribution in [0.2, 0.25) is 5.15 Å². The first kappa shape index (κ1) is 18.1. The number of pyridine rings is 1. The second-order valence-electron chi connectivity index (χ2n) is 6.17. The molecule has 4 rings (SSSR count). The van der Waals surface area contributed by atoms with Crippen molar-refractivity contribution in [3.8, 4) is 11.4 Å². The van der Waals surface area contributed by atoms with Gasteiger partial charge in [-0.05, 0) is 43.3 Å². The molecule has 140 valence electrons. The predicted octanol–water partition coefficient (Wildman–Crippen LogP) is 4.57. The maximum Gasteiger partial charge on any atom is 0.252 e. The summed E-state index contributed by atoms with van der Waals surface area (Å²) in [4.78, 5) is 21.3. The van der Waals surface area contributed by atoms with Crippen molar-refractivity contribution in [3.05, 3.63) is 77.0 Å². The van der Waals surface area contributed by atoms with Gasteiger partial charge in [0.05, 0.1) is 11.1 Å². The monoisotopic (exact) mass is 396 g/mol. The molecule has 0 aliphatic rings. The van der Waals surface area contributed by atoms with Crippen LogP contribution in [0.3, 0.4) is 0 Å². The Balaban J connectivity index is 1.57. The molecule has 0 aliphatic carbocycles. The van der Waals surface area contributed by atoms with Crippen LogP contribution < -0.4 is 5.32 Å². The number of carbonyl (C=O) groups is 1. The number of nitrogens with one attached hydrogen (secondary N) is 1. The number of hydrogen-bond acceptors (Lipinski definition) is 5. The van der Waals surface area contributed by atoms with Crippen molar-refractivity contribution < 1.29 is 13.7 Å². The lowest BCUT2D eigenvalue weighted by molar-refractivity contribution is 0.0934. The van der Waals surface area contributed by atoms with E-state index >= 15 is 0 Å². The third-order valence-corrected chi connectivity index (χ3v) is 4.39. The van der Waals surface area contributed by atoms with Gasteiger partial charge < -0.3 is 9.84 Å². The van der Waals surface area contributed by atoms with Gasteiger partial charge in [0.15, 0.2) is 0 Å². The molecule has 0 fully saturated rings. The molecule has 8 heteroatoms. The van der Waals surface area contributed by atoms with Crippen LogP contribution in [-0.4, -0.2) is 21.0 Å². The molecule has 1 atom stereocenters. The summed E-state index contributed by atoms with van der Waals surface area (Å²) >= 11 is 6.05. The van der Waals surface area contributed by atoms with Crippen molar-refractivity contribution in [1.82, 2.24) is 20.4 Å². The van der Waals surface area contributed by atoms with Crippen LogP contribution in [0.25, 0.3) is 22.3 Å². The molecular weight excluding hydrogens is 383 g/mol. The third-order valence-electron chi connectivity index (χ3n) is 4.19. The van der Waals surface area contributed by atoms with Crippen LogP contribution in [0.15, 0.2) is 59.1 Å². The highest BCUT2D eigenvalue weighted by Crippen LogP contribution is 2.23. The molecule has 1 unspecified atom stereocenters. The number of benzene rings is 2. The summed E-state index contributed by atoms with van der Waals surface area (Å²) in [5.74, 6) is -0.142. The van der Waals surface area contributed by atoms with Gasteiger partial charge in [0, 0.05) is 10.9 Å². The average Bonchev–Trinajstić information content (AvgIpc) is 3.18. The summed E-state index contributed by atoms with van der Waals surface area (Å²) in [5.41, 5.74) is 1.65. The van der Waals surface area contributed by atoms with Crippen LogP contribution in [0.1, 0.15) is 29.2 Å². The SMILES string of the molecule is CC(NC(=O)c1cc(Cl)nc2ccccc12)c1nc(-c2ccc(F)cc2)no1. The number of halogens is 2. The molecule has 2 aromatic carbocycles. The maximum absolute atomic E-state index is 13.1. The minimum atomic E-state index is -0.542. The topological polar surface area (TPSA) is 80.9 Å². The van der Waals surface area contributed by atoms with E-state index in [1.54, 1.807) is 31.2 Å². The molecule has 2 heterocycles. The molecule has 0 saturated carbocycles. The van der Waals surface area contributed by atoms with E-state index in [-0.39, 0.29) is 22.8 Å². The van der Waals surface area contributed by atoms with Crippen LogP contribution in [0, 0.1) is 5.82 Å². The fourth-order valence-electron chi connectivity index (χ4n) is 2.79. The lowest BCUT2D eigenvalue weighted by atomic mass is 10.1. The Morgan fingerprint density at radius 3 is 2.68 bits per heavy atom. The number of aromatic nitrogens is 3. The highest BCUT2D eigenvalue weighted by Gasteiger charge is 2.20. The molecule has 0 radical (unpaired) electrons. The molecule has 2 aromatic heterocycles. The number of nitrogens with zero attached hydrogens (tertiary/aromatic N) is 3. The largest absolute Gasteiger partial charge is 0.340 e. The standard InChI is InChI=1S/C20H14ClFN4O2/c1-11(20-25-18(26-28-20)12-6-8-13(22)9-7-12)23-19(27)15-10-17(21)24-16-5-3-2-4-14(15)16/h2-11H,1H3,(H,23,27). The van der Waals surface area contributed by atoms with E-state index in [1.165, 1.54) is 18.2 Å². The van der Waals surface area contributed by atoms with Gasteiger partial charge in [-0.25, -0.2) is 9.37 Å². The highest BCUT2D eigenvalue weighted by molar-refractivity contribution is 6.30. The number of carbonyl (C=O) groups excluding carboxylic acids is 1. The van der Waals surface area contributed by atoms with E-state index in [4.69, 9.17) is 16.1 Å². The van der Waals surface area contributed by atoms with Crippen molar-refractivity contribution in [2.24, 2.45) is 0 Å². The Hall–Kier alpha value is -3.32. The van der Waals surface area contributed by atoms with Crippen LogP contribution in [-0.2, 0) is 0 Å². The first-order valence-corrected chi connectivity index (χ1v) is 8.85. The Labute approximate surface area is 164 Å².